The van der Waals surface area contributed by atoms with Crippen LogP contribution in [0, 0.1) is 0 Å². The van der Waals surface area contributed by atoms with Crippen molar-refractivity contribution in [1.82, 2.24) is 0 Å². The summed E-state index contributed by atoms with van der Waals surface area (Å²) in [5.74, 6) is 1.92. The summed E-state index contributed by atoms with van der Waals surface area (Å²) in [5.41, 5.74) is 0.970. The van der Waals surface area contributed by atoms with E-state index in [1.54, 1.807) is 0 Å². The van der Waals surface area contributed by atoms with Gasteiger partial charge >= 0.3 is 60.3 Å². The summed E-state index contributed by atoms with van der Waals surface area (Å²) in [5, 5.41) is 0. The number of carbonyl (C=O) groups excluding carboxylic acids is 1. The van der Waals surface area contributed by atoms with Crippen molar-refractivity contribution in [1.29, 1.82) is 0 Å². The molecule has 1 nitrogen and oxygen atoms in total. The Balaban J connectivity index is 2.55. The Labute approximate surface area is 60.8 Å². The third kappa shape index (κ3) is 1.53. The molecule has 9 heavy (non-hydrogen) atoms. The average Bonchev–Trinajstić information content (AvgIpc) is 2.37. The predicted molar refractivity (Wildman–Crippen MR) is 35.5 cm³/mol. The fraction of sp³-hybridized carbons (Fsp3) is 0.286. The number of allylic oxidation sites excluding steroid dienone is 4. The third-order valence-electron chi connectivity index (χ3n) is 1.20. The van der Waals surface area contributed by atoms with Crippen LogP contribution in [0.3, 0.4) is 0 Å². The molecule has 0 bridgehead atoms. The van der Waals surface area contributed by atoms with Crippen LogP contribution in [0.1, 0.15) is 6.42 Å². The van der Waals surface area contributed by atoms with Crippen LogP contribution in [0.4, 0.5) is 0 Å². The standard InChI is InChI=1S/C6H5O.CH3.Co.2H/c7-5-6-3-1-2-4-6;;;;/h1-3H,4H2;1H3;;;. The van der Waals surface area contributed by atoms with Crippen molar-refractivity contribution in [2.75, 3.05) is 0 Å². The van der Waals surface area contributed by atoms with Gasteiger partial charge < -0.3 is 0 Å². The van der Waals surface area contributed by atoms with Crippen LogP contribution >= 0.6 is 0 Å². The molecule has 0 spiro atoms. The van der Waals surface area contributed by atoms with Crippen LogP contribution in [0.25, 0.3) is 0 Å². The summed E-state index contributed by atoms with van der Waals surface area (Å²) >= 11 is 0.392. The van der Waals surface area contributed by atoms with Crippen molar-refractivity contribution in [3.63, 3.8) is 0 Å². The van der Waals surface area contributed by atoms with Crippen LogP contribution in [-0.4, -0.2) is 4.72 Å². The van der Waals surface area contributed by atoms with E-state index in [0.717, 1.165) is 12.0 Å². The fourth-order valence-corrected chi connectivity index (χ4v) is 1.31. The Kier molecular flexibility index (Phi) is 2.25. The van der Waals surface area contributed by atoms with Gasteiger partial charge in [-0.3, -0.25) is 0 Å². The first-order valence-electron chi connectivity index (χ1n) is 2.74. The minimum atomic E-state index is 0.309. The zero-order valence-corrected chi connectivity index (χ0v) is 6.41. The molecule has 0 heterocycles. The zero-order valence-electron chi connectivity index (χ0n) is 5.23. The normalized spacial score (nSPS) is 18.1. The summed E-state index contributed by atoms with van der Waals surface area (Å²) in [6.07, 6.45) is 6.70. The summed E-state index contributed by atoms with van der Waals surface area (Å²) in [6.45, 7) is 0. The molecule has 0 radical (unpaired) electrons. The molecule has 0 aliphatic heterocycles. The maximum absolute atomic E-state index is 10.9. The predicted octanol–water partition coefficient (Wildman–Crippen LogP) is 0.994. The Bertz CT molecular complexity index is 179. The summed E-state index contributed by atoms with van der Waals surface area (Å²) in [6, 6.07) is 0. The molecule has 0 amide bonds. The van der Waals surface area contributed by atoms with E-state index in [9.17, 15) is 4.79 Å². The van der Waals surface area contributed by atoms with Gasteiger partial charge in [0.25, 0.3) is 0 Å². The van der Waals surface area contributed by atoms with Crippen LogP contribution in [-0.2, 0) is 19.5 Å². The number of hydrogen-bond acceptors (Lipinski definition) is 1. The van der Waals surface area contributed by atoms with E-state index >= 15 is 0 Å². The van der Waals surface area contributed by atoms with Gasteiger partial charge in [-0.2, -0.15) is 0 Å². The number of hydrogen-bond donors (Lipinski definition) is 0. The Morgan fingerprint density at radius 1 is 1.78 bits per heavy atom. The molecule has 0 atom stereocenters. The first-order valence-corrected chi connectivity index (χ1v) is 4.51. The van der Waals surface area contributed by atoms with Crippen molar-refractivity contribution < 1.29 is 19.5 Å². The first kappa shape index (κ1) is 6.77. The molecule has 1 aliphatic rings. The second-order valence-electron chi connectivity index (χ2n) is 1.79. The summed E-state index contributed by atoms with van der Waals surface area (Å²) in [7, 11) is 0. The molecular formula is C7H10CoO. The van der Waals surface area contributed by atoms with Crippen molar-refractivity contribution in [3.8, 4) is 0 Å². The van der Waals surface area contributed by atoms with Gasteiger partial charge in [-0.05, 0) is 0 Å². The van der Waals surface area contributed by atoms with E-state index in [-0.39, 0.29) is 0 Å². The molecule has 1 rings (SSSR count). The van der Waals surface area contributed by atoms with Crippen molar-refractivity contribution in [3.05, 3.63) is 23.8 Å². The monoisotopic (exact) mass is 169 g/mol. The number of carbonyl (C=O) groups is 1. The Morgan fingerprint density at radius 3 is 3.00 bits per heavy atom. The van der Waals surface area contributed by atoms with Gasteiger partial charge in [0.1, 0.15) is 0 Å². The minimum absolute atomic E-state index is 0.309. The summed E-state index contributed by atoms with van der Waals surface area (Å²) < 4.78 is 0.309. The van der Waals surface area contributed by atoms with E-state index in [4.69, 9.17) is 0 Å². The van der Waals surface area contributed by atoms with Crippen LogP contribution in [0.2, 0.25) is 5.86 Å². The van der Waals surface area contributed by atoms with Crippen LogP contribution in [0.15, 0.2) is 23.8 Å². The maximum atomic E-state index is 10.9. The first-order chi connectivity index (χ1) is 4.34. The Morgan fingerprint density at radius 2 is 2.56 bits per heavy atom. The number of rotatable bonds is 2. The molecule has 1 aliphatic carbocycles. The average molecular weight is 169 g/mol. The van der Waals surface area contributed by atoms with Gasteiger partial charge in [-0.1, -0.05) is 0 Å². The topological polar surface area (TPSA) is 17.1 Å². The van der Waals surface area contributed by atoms with Gasteiger partial charge in [0.2, 0.25) is 0 Å². The van der Waals surface area contributed by atoms with Crippen LogP contribution in [0.5, 0.6) is 0 Å². The van der Waals surface area contributed by atoms with E-state index in [1.807, 2.05) is 24.1 Å². The van der Waals surface area contributed by atoms with Gasteiger partial charge in [0.05, 0.1) is 0 Å². The Hall–Kier alpha value is -0.344. The molecule has 0 saturated carbocycles. The van der Waals surface area contributed by atoms with E-state index in [1.165, 1.54) is 0 Å². The molecular weight excluding hydrogens is 159 g/mol. The molecule has 0 aromatic heterocycles. The second kappa shape index (κ2) is 2.99. The molecule has 0 N–H and O–H groups in total. The molecule has 0 unspecified atom stereocenters. The van der Waals surface area contributed by atoms with E-state index in [2.05, 4.69) is 0 Å². The van der Waals surface area contributed by atoms with Crippen LogP contribution < -0.4 is 0 Å². The molecule has 0 aromatic rings. The fourth-order valence-electron chi connectivity index (χ4n) is 0.714. The van der Waals surface area contributed by atoms with Gasteiger partial charge in [-0.15, -0.1) is 0 Å². The van der Waals surface area contributed by atoms with Gasteiger partial charge in [0.15, 0.2) is 0 Å². The van der Waals surface area contributed by atoms with Crippen molar-refractivity contribution in [2.24, 2.45) is 0 Å². The zero-order chi connectivity index (χ0) is 6.69. The molecule has 0 fully saturated rings. The third-order valence-corrected chi connectivity index (χ3v) is 2.11. The summed E-state index contributed by atoms with van der Waals surface area (Å²) in [4.78, 5) is 10.9. The molecule has 0 saturated heterocycles. The van der Waals surface area contributed by atoms with Gasteiger partial charge in [-0.25, -0.2) is 0 Å². The molecule has 53 valence electrons. The van der Waals surface area contributed by atoms with Crippen molar-refractivity contribution >= 4 is 4.72 Å². The molecule has 0 aromatic carbocycles. The second-order valence-corrected chi connectivity index (χ2v) is 2.91. The van der Waals surface area contributed by atoms with Crippen molar-refractivity contribution in [2.45, 2.75) is 12.3 Å². The molecule has 2 heteroatoms. The SMILES string of the molecule is [CH3][CoH2][C](=O)C1=CC=CC1. The van der Waals surface area contributed by atoms with E-state index < -0.39 is 0 Å². The quantitative estimate of drug-likeness (QED) is 0.602. The van der Waals surface area contributed by atoms with E-state index in [0.29, 0.717) is 19.4 Å². The van der Waals surface area contributed by atoms with Gasteiger partial charge in [0, 0.05) is 0 Å².